The van der Waals surface area contributed by atoms with Crippen molar-refractivity contribution in [3.63, 3.8) is 0 Å². The van der Waals surface area contributed by atoms with Crippen LogP contribution in [0.15, 0.2) is 0 Å². The zero-order valence-corrected chi connectivity index (χ0v) is 12.9. The van der Waals surface area contributed by atoms with Crippen LogP contribution in [0, 0.1) is 5.92 Å². The van der Waals surface area contributed by atoms with Gasteiger partial charge in [0, 0.05) is 19.0 Å². The van der Waals surface area contributed by atoms with Crippen LogP contribution in [-0.4, -0.2) is 35.3 Å². The molecule has 4 nitrogen and oxygen atoms in total. The first-order valence-electron chi connectivity index (χ1n) is 8.25. The molecule has 0 radical (unpaired) electrons. The fourth-order valence-electron chi connectivity index (χ4n) is 3.65. The number of carbonyl (C=O) groups is 2. The van der Waals surface area contributed by atoms with E-state index in [0.29, 0.717) is 25.4 Å². The van der Waals surface area contributed by atoms with E-state index in [9.17, 15) is 9.59 Å². The van der Waals surface area contributed by atoms with Gasteiger partial charge in [0.05, 0.1) is 0 Å². The van der Waals surface area contributed by atoms with Gasteiger partial charge in [0.2, 0.25) is 11.8 Å². The molecule has 0 bridgehead atoms. The number of hydrogen-bond donors (Lipinski definition) is 1. The van der Waals surface area contributed by atoms with Gasteiger partial charge in [-0.05, 0) is 38.0 Å². The van der Waals surface area contributed by atoms with Crippen LogP contribution in [0.25, 0.3) is 0 Å². The normalized spacial score (nSPS) is 31.9. The summed E-state index contributed by atoms with van der Waals surface area (Å²) >= 11 is 0. The number of carbonyl (C=O) groups excluding carboxylic acids is 2. The molecule has 1 aliphatic carbocycles. The highest BCUT2D eigenvalue weighted by Gasteiger charge is 2.34. The summed E-state index contributed by atoms with van der Waals surface area (Å²) in [5, 5.41) is 2.85. The van der Waals surface area contributed by atoms with Gasteiger partial charge in [0.25, 0.3) is 0 Å². The zero-order chi connectivity index (χ0) is 14.5. The van der Waals surface area contributed by atoms with Gasteiger partial charge in [0.15, 0.2) is 0 Å². The second-order valence-corrected chi connectivity index (χ2v) is 6.27. The van der Waals surface area contributed by atoms with Gasteiger partial charge in [-0.1, -0.05) is 26.7 Å². The Labute approximate surface area is 122 Å². The van der Waals surface area contributed by atoms with Crippen LogP contribution in [0.2, 0.25) is 0 Å². The molecule has 1 atom stereocenters. The van der Waals surface area contributed by atoms with E-state index < -0.39 is 0 Å². The van der Waals surface area contributed by atoms with Crippen molar-refractivity contribution in [2.24, 2.45) is 5.92 Å². The second-order valence-electron chi connectivity index (χ2n) is 6.27. The second kappa shape index (κ2) is 7.09. The molecule has 114 valence electrons. The summed E-state index contributed by atoms with van der Waals surface area (Å²) in [6.07, 6.45) is 8.42. The Morgan fingerprint density at radius 2 is 1.85 bits per heavy atom. The van der Waals surface area contributed by atoms with Gasteiger partial charge >= 0.3 is 0 Å². The lowest BCUT2D eigenvalue weighted by Gasteiger charge is -2.37. The van der Waals surface area contributed by atoms with Crippen molar-refractivity contribution in [2.45, 2.75) is 77.3 Å². The van der Waals surface area contributed by atoms with E-state index in [2.05, 4.69) is 12.2 Å². The van der Waals surface area contributed by atoms with E-state index in [4.69, 9.17) is 0 Å². The van der Waals surface area contributed by atoms with Gasteiger partial charge in [-0.2, -0.15) is 0 Å². The van der Waals surface area contributed by atoms with Gasteiger partial charge in [-0.15, -0.1) is 0 Å². The number of nitrogens with zero attached hydrogens (tertiary/aromatic N) is 1. The van der Waals surface area contributed by atoms with Gasteiger partial charge in [0.1, 0.15) is 6.04 Å². The number of amides is 2. The Kier molecular flexibility index (Phi) is 5.44. The van der Waals surface area contributed by atoms with Crippen LogP contribution in [0.5, 0.6) is 0 Å². The standard InChI is InChI=1S/C16H28N2O2/c1-3-5-12-6-8-13(9-7-12)18-11-10-15(19)17-14(4-2)16(18)20/h12-14H,3-11H2,1-2H3,(H,17,19). The molecule has 20 heavy (non-hydrogen) atoms. The Morgan fingerprint density at radius 1 is 1.15 bits per heavy atom. The Hall–Kier alpha value is -1.06. The van der Waals surface area contributed by atoms with Crippen LogP contribution in [-0.2, 0) is 9.59 Å². The molecule has 2 aliphatic rings. The summed E-state index contributed by atoms with van der Waals surface area (Å²) in [6.45, 7) is 4.81. The predicted octanol–water partition coefficient (Wildman–Crippen LogP) is 2.47. The minimum atomic E-state index is -0.307. The van der Waals surface area contributed by atoms with Crippen molar-refractivity contribution in [1.82, 2.24) is 10.2 Å². The molecule has 1 aliphatic heterocycles. The van der Waals surface area contributed by atoms with Crippen LogP contribution in [0.4, 0.5) is 0 Å². The molecule has 1 N–H and O–H groups in total. The average Bonchev–Trinajstić information content (AvgIpc) is 2.60. The smallest absolute Gasteiger partial charge is 0.245 e. The lowest BCUT2D eigenvalue weighted by atomic mass is 9.83. The molecule has 0 spiro atoms. The SMILES string of the molecule is CCCC1CCC(N2CCC(=O)NC(CC)C2=O)CC1. The first-order valence-corrected chi connectivity index (χ1v) is 8.25. The highest BCUT2D eigenvalue weighted by molar-refractivity contribution is 5.90. The summed E-state index contributed by atoms with van der Waals surface area (Å²) in [5.41, 5.74) is 0. The monoisotopic (exact) mass is 280 g/mol. The van der Waals surface area contributed by atoms with Gasteiger partial charge in [-0.25, -0.2) is 0 Å². The minimum absolute atomic E-state index is 0.0207. The summed E-state index contributed by atoms with van der Waals surface area (Å²) in [7, 11) is 0. The van der Waals surface area contributed by atoms with E-state index >= 15 is 0 Å². The summed E-state index contributed by atoms with van der Waals surface area (Å²) in [5.74, 6) is 1.00. The van der Waals surface area contributed by atoms with Crippen molar-refractivity contribution in [1.29, 1.82) is 0 Å². The Balaban J connectivity index is 1.97. The quantitative estimate of drug-likeness (QED) is 0.860. The lowest BCUT2D eigenvalue weighted by Crippen LogP contribution is -2.49. The molecule has 2 rings (SSSR count). The van der Waals surface area contributed by atoms with E-state index in [1.54, 1.807) is 0 Å². The Morgan fingerprint density at radius 3 is 2.45 bits per heavy atom. The molecule has 1 saturated carbocycles. The van der Waals surface area contributed by atoms with E-state index in [-0.39, 0.29) is 17.9 Å². The predicted molar refractivity (Wildman–Crippen MR) is 79.2 cm³/mol. The number of rotatable bonds is 4. The fraction of sp³-hybridized carbons (Fsp3) is 0.875. The maximum atomic E-state index is 12.5. The number of hydrogen-bond acceptors (Lipinski definition) is 2. The van der Waals surface area contributed by atoms with Crippen LogP contribution < -0.4 is 5.32 Å². The van der Waals surface area contributed by atoms with E-state index in [0.717, 1.165) is 18.8 Å². The first-order chi connectivity index (χ1) is 9.65. The molecule has 2 fully saturated rings. The van der Waals surface area contributed by atoms with Gasteiger partial charge < -0.3 is 10.2 Å². The molecule has 1 unspecified atom stereocenters. The molecule has 0 aromatic rings. The zero-order valence-electron chi connectivity index (χ0n) is 12.9. The maximum absolute atomic E-state index is 12.5. The third-order valence-electron chi connectivity index (χ3n) is 4.86. The van der Waals surface area contributed by atoms with Crippen molar-refractivity contribution < 1.29 is 9.59 Å². The first kappa shape index (κ1) is 15.3. The third-order valence-corrected chi connectivity index (χ3v) is 4.86. The summed E-state index contributed by atoms with van der Waals surface area (Å²) in [4.78, 5) is 26.2. The van der Waals surface area contributed by atoms with E-state index in [1.165, 1.54) is 25.7 Å². The average molecular weight is 280 g/mol. The molecule has 0 aromatic heterocycles. The van der Waals surface area contributed by atoms with Crippen molar-refractivity contribution in [2.75, 3.05) is 6.54 Å². The lowest BCUT2D eigenvalue weighted by molar-refractivity contribution is -0.136. The largest absolute Gasteiger partial charge is 0.344 e. The van der Waals surface area contributed by atoms with Crippen molar-refractivity contribution >= 4 is 11.8 Å². The molecule has 0 aromatic carbocycles. The van der Waals surface area contributed by atoms with Crippen LogP contribution in [0.1, 0.15) is 65.2 Å². The molecular formula is C16H28N2O2. The summed E-state index contributed by atoms with van der Waals surface area (Å²) in [6, 6.07) is 0.0516. The Bertz CT molecular complexity index is 348. The van der Waals surface area contributed by atoms with E-state index in [1.807, 2.05) is 11.8 Å². The molecule has 1 heterocycles. The fourth-order valence-corrected chi connectivity index (χ4v) is 3.65. The highest BCUT2D eigenvalue weighted by Crippen LogP contribution is 2.31. The molecule has 1 saturated heterocycles. The minimum Gasteiger partial charge on any atom is -0.344 e. The van der Waals surface area contributed by atoms with Crippen molar-refractivity contribution in [3.05, 3.63) is 0 Å². The molecule has 4 heteroatoms. The third kappa shape index (κ3) is 3.53. The van der Waals surface area contributed by atoms with Gasteiger partial charge in [-0.3, -0.25) is 9.59 Å². The highest BCUT2D eigenvalue weighted by atomic mass is 16.2. The summed E-state index contributed by atoms with van der Waals surface area (Å²) < 4.78 is 0. The van der Waals surface area contributed by atoms with Crippen LogP contribution in [0.3, 0.4) is 0 Å². The van der Waals surface area contributed by atoms with Crippen LogP contribution >= 0.6 is 0 Å². The molecule has 2 amide bonds. The topological polar surface area (TPSA) is 49.4 Å². The maximum Gasteiger partial charge on any atom is 0.245 e. The molecular weight excluding hydrogens is 252 g/mol. The number of nitrogens with one attached hydrogen (secondary N) is 1. The van der Waals surface area contributed by atoms with Crippen molar-refractivity contribution in [3.8, 4) is 0 Å².